The van der Waals surface area contributed by atoms with Crippen LogP contribution in [0.3, 0.4) is 0 Å². The van der Waals surface area contributed by atoms with Crippen molar-refractivity contribution in [2.45, 2.75) is 6.18 Å². The third-order valence-electron chi connectivity index (χ3n) is 2.48. The highest BCUT2D eigenvalue weighted by atomic mass is 79.9. The SMILES string of the molecule is Nc1ccc(NC(=O)c2ccoc2Br)cc1C(F)(F)F. The second-order valence-corrected chi connectivity index (χ2v) is 4.58. The number of benzene rings is 1. The second-order valence-electron chi connectivity index (χ2n) is 3.86. The number of carbonyl (C=O) groups excluding carboxylic acids is 1. The monoisotopic (exact) mass is 348 g/mol. The van der Waals surface area contributed by atoms with Gasteiger partial charge in [-0.2, -0.15) is 13.2 Å². The summed E-state index contributed by atoms with van der Waals surface area (Å²) in [4.78, 5) is 11.8. The molecular formula is C12H8BrF3N2O2. The Kier molecular flexibility index (Phi) is 3.76. The molecule has 0 aliphatic heterocycles. The van der Waals surface area contributed by atoms with Gasteiger partial charge in [-0.05, 0) is 40.2 Å². The van der Waals surface area contributed by atoms with Crippen LogP contribution in [0.15, 0.2) is 39.6 Å². The van der Waals surface area contributed by atoms with Crippen molar-refractivity contribution in [2.24, 2.45) is 0 Å². The standard InChI is InChI=1S/C12H8BrF3N2O2/c13-10-7(3-4-20-10)11(19)18-6-1-2-9(17)8(5-6)12(14,15)16/h1-5H,17H2,(H,18,19). The fourth-order valence-corrected chi connectivity index (χ4v) is 1.95. The van der Waals surface area contributed by atoms with Crippen molar-refractivity contribution < 1.29 is 22.4 Å². The number of furan rings is 1. The Morgan fingerprint density at radius 1 is 1.30 bits per heavy atom. The highest BCUT2D eigenvalue weighted by Crippen LogP contribution is 2.35. The van der Waals surface area contributed by atoms with Crippen molar-refractivity contribution in [3.63, 3.8) is 0 Å². The molecule has 1 amide bonds. The lowest BCUT2D eigenvalue weighted by Crippen LogP contribution is -2.14. The zero-order valence-corrected chi connectivity index (χ0v) is 11.4. The molecular weight excluding hydrogens is 341 g/mol. The largest absolute Gasteiger partial charge is 0.457 e. The molecule has 106 valence electrons. The summed E-state index contributed by atoms with van der Waals surface area (Å²) in [6.45, 7) is 0. The van der Waals surface area contributed by atoms with E-state index in [1.54, 1.807) is 0 Å². The molecule has 2 rings (SSSR count). The zero-order chi connectivity index (χ0) is 14.9. The summed E-state index contributed by atoms with van der Waals surface area (Å²) in [5, 5.41) is 2.34. The van der Waals surface area contributed by atoms with E-state index in [0.29, 0.717) is 0 Å². The van der Waals surface area contributed by atoms with E-state index in [1.165, 1.54) is 18.4 Å². The lowest BCUT2D eigenvalue weighted by Gasteiger charge is -2.12. The number of hydrogen-bond donors (Lipinski definition) is 2. The maximum absolute atomic E-state index is 12.7. The molecule has 1 heterocycles. The molecule has 0 spiro atoms. The normalized spacial score (nSPS) is 11.4. The van der Waals surface area contributed by atoms with E-state index in [2.05, 4.69) is 21.2 Å². The van der Waals surface area contributed by atoms with E-state index < -0.39 is 23.3 Å². The minimum atomic E-state index is -4.58. The molecule has 0 fully saturated rings. The summed E-state index contributed by atoms with van der Waals surface area (Å²) in [5.74, 6) is -0.594. The van der Waals surface area contributed by atoms with Gasteiger partial charge < -0.3 is 15.5 Å². The summed E-state index contributed by atoms with van der Waals surface area (Å²) < 4.78 is 43.1. The number of amides is 1. The Balaban J connectivity index is 2.27. The number of nitrogen functional groups attached to an aromatic ring is 1. The van der Waals surface area contributed by atoms with Crippen LogP contribution in [-0.2, 0) is 6.18 Å². The van der Waals surface area contributed by atoms with Crippen LogP contribution in [0.25, 0.3) is 0 Å². The van der Waals surface area contributed by atoms with Crippen molar-refractivity contribution in [1.82, 2.24) is 0 Å². The van der Waals surface area contributed by atoms with Crippen LogP contribution < -0.4 is 11.1 Å². The van der Waals surface area contributed by atoms with Crippen LogP contribution in [0.4, 0.5) is 24.5 Å². The highest BCUT2D eigenvalue weighted by Gasteiger charge is 2.33. The molecule has 3 N–H and O–H groups in total. The Hall–Kier alpha value is -1.96. The maximum atomic E-state index is 12.7. The van der Waals surface area contributed by atoms with Crippen LogP contribution in [0, 0.1) is 0 Å². The predicted octanol–water partition coefficient (Wildman–Crippen LogP) is 3.90. The van der Waals surface area contributed by atoms with Crippen molar-refractivity contribution in [3.05, 3.63) is 46.3 Å². The van der Waals surface area contributed by atoms with Gasteiger partial charge in [0.15, 0.2) is 4.67 Å². The van der Waals surface area contributed by atoms with Gasteiger partial charge in [-0.1, -0.05) is 0 Å². The molecule has 0 bridgehead atoms. The molecule has 0 aliphatic rings. The smallest absolute Gasteiger partial charge is 0.418 e. The van der Waals surface area contributed by atoms with Gasteiger partial charge >= 0.3 is 6.18 Å². The average Bonchev–Trinajstić information content (AvgIpc) is 2.76. The van der Waals surface area contributed by atoms with Crippen molar-refractivity contribution in [2.75, 3.05) is 11.1 Å². The summed E-state index contributed by atoms with van der Waals surface area (Å²) in [5.41, 5.74) is 4.04. The first-order chi connectivity index (χ1) is 9.29. The maximum Gasteiger partial charge on any atom is 0.418 e. The molecule has 0 atom stereocenters. The summed E-state index contributed by atoms with van der Waals surface area (Å²) in [6.07, 6.45) is -3.30. The minimum absolute atomic E-state index is 0.00961. The summed E-state index contributed by atoms with van der Waals surface area (Å²) in [7, 11) is 0. The van der Waals surface area contributed by atoms with Gasteiger partial charge in [0.2, 0.25) is 0 Å². The zero-order valence-electron chi connectivity index (χ0n) is 9.79. The topological polar surface area (TPSA) is 68.3 Å². The van der Waals surface area contributed by atoms with Crippen LogP contribution in [0.2, 0.25) is 0 Å². The van der Waals surface area contributed by atoms with Gasteiger partial charge in [0.1, 0.15) is 0 Å². The van der Waals surface area contributed by atoms with E-state index in [0.717, 1.165) is 12.1 Å². The van der Waals surface area contributed by atoms with E-state index in [-0.39, 0.29) is 15.9 Å². The Bertz CT molecular complexity index is 652. The lowest BCUT2D eigenvalue weighted by atomic mass is 10.1. The number of carbonyl (C=O) groups is 1. The molecule has 2 aromatic rings. The van der Waals surface area contributed by atoms with E-state index in [1.807, 2.05) is 0 Å². The number of alkyl halides is 3. The first kappa shape index (κ1) is 14.4. The number of halogens is 4. The van der Waals surface area contributed by atoms with Crippen LogP contribution in [0.5, 0.6) is 0 Å². The first-order valence-corrected chi connectivity index (χ1v) is 6.09. The van der Waals surface area contributed by atoms with E-state index in [9.17, 15) is 18.0 Å². The lowest BCUT2D eigenvalue weighted by molar-refractivity contribution is -0.136. The molecule has 0 saturated carbocycles. The van der Waals surface area contributed by atoms with Gasteiger partial charge in [0.25, 0.3) is 5.91 Å². The summed E-state index contributed by atoms with van der Waals surface area (Å²) in [6, 6.07) is 4.54. The van der Waals surface area contributed by atoms with Gasteiger partial charge in [0.05, 0.1) is 17.4 Å². The fourth-order valence-electron chi connectivity index (χ4n) is 1.53. The Morgan fingerprint density at radius 3 is 2.55 bits per heavy atom. The molecule has 20 heavy (non-hydrogen) atoms. The molecule has 4 nitrogen and oxygen atoms in total. The van der Waals surface area contributed by atoms with Gasteiger partial charge in [-0.3, -0.25) is 4.79 Å². The van der Waals surface area contributed by atoms with Gasteiger partial charge in [-0.25, -0.2) is 0 Å². The quantitative estimate of drug-likeness (QED) is 0.809. The highest BCUT2D eigenvalue weighted by molar-refractivity contribution is 9.10. The molecule has 8 heteroatoms. The molecule has 0 unspecified atom stereocenters. The van der Waals surface area contributed by atoms with Crippen molar-refractivity contribution >= 4 is 33.2 Å². The average molecular weight is 349 g/mol. The van der Waals surface area contributed by atoms with Crippen LogP contribution in [-0.4, -0.2) is 5.91 Å². The van der Waals surface area contributed by atoms with Crippen LogP contribution in [0.1, 0.15) is 15.9 Å². The number of anilines is 2. The van der Waals surface area contributed by atoms with E-state index in [4.69, 9.17) is 10.2 Å². The summed E-state index contributed by atoms with van der Waals surface area (Å²) >= 11 is 3.01. The first-order valence-electron chi connectivity index (χ1n) is 5.30. The third kappa shape index (κ3) is 2.96. The van der Waals surface area contributed by atoms with E-state index >= 15 is 0 Å². The number of rotatable bonds is 2. The molecule has 0 saturated heterocycles. The van der Waals surface area contributed by atoms with Crippen molar-refractivity contribution in [3.8, 4) is 0 Å². The molecule has 0 radical (unpaired) electrons. The van der Waals surface area contributed by atoms with Crippen LogP contribution >= 0.6 is 15.9 Å². The van der Waals surface area contributed by atoms with Gasteiger partial charge in [0, 0.05) is 11.4 Å². The number of nitrogens with one attached hydrogen (secondary N) is 1. The molecule has 0 aliphatic carbocycles. The predicted molar refractivity (Wildman–Crippen MR) is 70.2 cm³/mol. The fraction of sp³-hybridized carbons (Fsp3) is 0.0833. The third-order valence-corrected chi connectivity index (χ3v) is 3.09. The number of hydrogen-bond acceptors (Lipinski definition) is 3. The second kappa shape index (κ2) is 5.20. The minimum Gasteiger partial charge on any atom is -0.457 e. The van der Waals surface area contributed by atoms with Gasteiger partial charge in [-0.15, -0.1) is 0 Å². The number of nitrogens with two attached hydrogens (primary N) is 1. The Morgan fingerprint density at radius 2 is 2.00 bits per heavy atom. The molecule has 1 aromatic carbocycles. The Labute approximate surface area is 119 Å². The van der Waals surface area contributed by atoms with Crippen molar-refractivity contribution in [1.29, 1.82) is 0 Å². The molecule has 1 aromatic heterocycles.